The summed E-state index contributed by atoms with van der Waals surface area (Å²) in [5.41, 5.74) is 2.11. The number of Topliss-reactive ketones (excluding diaryl/α,β-unsaturated/α-hetero) is 1. The number of carbonyl (C=O) groups is 1. The maximum absolute atomic E-state index is 13.0. The summed E-state index contributed by atoms with van der Waals surface area (Å²) in [6.07, 6.45) is 3.29. The van der Waals surface area contributed by atoms with Crippen LogP contribution in [0.1, 0.15) is 55.9 Å². The Bertz CT molecular complexity index is 945. The third-order valence-electron chi connectivity index (χ3n) is 5.00. The summed E-state index contributed by atoms with van der Waals surface area (Å²) in [5, 5.41) is 5.95. The number of aromatic nitrogens is 2. The molecule has 0 amide bonds. The number of ketones is 1. The Morgan fingerprint density at radius 1 is 1.33 bits per heavy atom. The summed E-state index contributed by atoms with van der Waals surface area (Å²) in [6, 6.07) is 3.97. The van der Waals surface area contributed by atoms with Gasteiger partial charge in [0, 0.05) is 28.3 Å². The Kier molecular flexibility index (Phi) is 5.23. The first-order valence-electron chi connectivity index (χ1n) is 9.38. The molecule has 0 radical (unpaired) electrons. The molecule has 2 aromatic heterocycles. The molecule has 2 aromatic rings. The van der Waals surface area contributed by atoms with E-state index in [0.717, 1.165) is 41.2 Å². The third kappa shape index (κ3) is 3.62. The van der Waals surface area contributed by atoms with Crippen molar-refractivity contribution in [2.24, 2.45) is 5.92 Å². The molecule has 1 aliphatic carbocycles. The van der Waals surface area contributed by atoms with Crippen LogP contribution in [0, 0.1) is 5.92 Å². The van der Waals surface area contributed by atoms with Crippen molar-refractivity contribution < 1.29 is 4.79 Å². The van der Waals surface area contributed by atoms with E-state index in [0.29, 0.717) is 28.9 Å². The van der Waals surface area contributed by atoms with E-state index >= 15 is 0 Å². The fourth-order valence-corrected chi connectivity index (χ4v) is 5.59. The van der Waals surface area contributed by atoms with Crippen molar-refractivity contribution in [2.75, 3.05) is 11.1 Å². The second kappa shape index (κ2) is 7.64. The topological polar surface area (TPSA) is 74.8 Å². The standard InChI is InChI=1S/C20H23N3O2S2/c1-11(2)8-10-27-20-22-18-17(19(25)23-20)16(14-7-4-9-26-14)15-12(21-18)5-3-6-13(15)24/h4,7,9,11,16H,3,5-6,8,10H2,1-2H3,(H2,21,22,23,25)/t16-/m0/s1. The first-order valence-corrected chi connectivity index (χ1v) is 11.2. The zero-order valence-electron chi connectivity index (χ0n) is 15.5. The van der Waals surface area contributed by atoms with Crippen molar-refractivity contribution >= 4 is 34.7 Å². The Morgan fingerprint density at radius 3 is 2.93 bits per heavy atom. The fraction of sp³-hybridized carbons (Fsp3) is 0.450. The molecule has 0 fully saturated rings. The van der Waals surface area contributed by atoms with Gasteiger partial charge in [0.2, 0.25) is 0 Å². The zero-order chi connectivity index (χ0) is 19.0. The van der Waals surface area contributed by atoms with Crippen molar-refractivity contribution in [1.82, 2.24) is 9.97 Å². The number of nitrogens with one attached hydrogen (secondary N) is 2. The maximum Gasteiger partial charge on any atom is 0.257 e. The minimum Gasteiger partial charge on any atom is -0.343 e. The number of H-pyrrole nitrogens is 1. The van der Waals surface area contributed by atoms with E-state index in [1.807, 2.05) is 17.5 Å². The summed E-state index contributed by atoms with van der Waals surface area (Å²) < 4.78 is 0. The van der Waals surface area contributed by atoms with E-state index in [9.17, 15) is 9.59 Å². The molecule has 0 bridgehead atoms. The van der Waals surface area contributed by atoms with Crippen LogP contribution in [0.2, 0.25) is 0 Å². The molecular weight excluding hydrogens is 378 g/mol. The quantitative estimate of drug-likeness (QED) is 0.568. The highest BCUT2D eigenvalue weighted by Gasteiger charge is 2.38. The Hall–Kier alpha value is -1.86. The molecule has 0 unspecified atom stereocenters. The smallest absolute Gasteiger partial charge is 0.257 e. The van der Waals surface area contributed by atoms with Gasteiger partial charge in [-0.25, -0.2) is 4.98 Å². The predicted molar refractivity (Wildman–Crippen MR) is 111 cm³/mol. The van der Waals surface area contributed by atoms with Gasteiger partial charge in [0.25, 0.3) is 5.56 Å². The van der Waals surface area contributed by atoms with Crippen LogP contribution in [0.25, 0.3) is 0 Å². The molecule has 1 aliphatic heterocycles. The number of aromatic amines is 1. The number of thiophene rings is 1. The van der Waals surface area contributed by atoms with Gasteiger partial charge in [-0.2, -0.15) is 0 Å². The number of hydrogen-bond acceptors (Lipinski definition) is 6. The molecule has 0 aromatic carbocycles. The average molecular weight is 402 g/mol. The van der Waals surface area contributed by atoms with Gasteiger partial charge in [-0.3, -0.25) is 9.59 Å². The van der Waals surface area contributed by atoms with Crippen molar-refractivity contribution in [3.05, 3.63) is 49.6 Å². The van der Waals surface area contributed by atoms with Gasteiger partial charge in [-0.15, -0.1) is 11.3 Å². The molecule has 1 atom stereocenters. The zero-order valence-corrected chi connectivity index (χ0v) is 17.1. The number of fused-ring (bicyclic) bond motifs is 1. The number of carbonyl (C=O) groups excluding carboxylic acids is 1. The van der Waals surface area contributed by atoms with E-state index in [1.54, 1.807) is 23.1 Å². The van der Waals surface area contributed by atoms with Crippen LogP contribution < -0.4 is 10.9 Å². The van der Waals surface area contributed by atoms with Crippen LogP contribution in [0.4, 0.5) is 5.82 Å². The van der Waals surface area contributed by atoms with Crippen molar-refractivity contribution in [1.29, 1.82) is 0 Å². The largest absolute Gasteiger partial charge is 0.343 e. The Labute approximate surface area is 166 Å². The van der Waals surface area contributed by atoms with Crippen LogP contribution >= 0.6 is 23.1 Å². The van der Waals surface area contributed by atoms with Gasteiger partial charge in [0.15, 0.2) is 10.9 Å². The maximum atomic E-state index is 13.0. The lowest BCUT2D eigenvalue weighted by atomic mass is 9.79. The summed E-state index contributed by atoms with van der Waals surface area (Å²) >= 11 is 3.16. The molecule has 2 aliphatic rings. The van der Waals surface area contributed by atoms with Crippen LogP contribution in [0.15, 0.2) is 38.7 Å². The highest BCUT2D eigenvalue weighted by atomic mass is 32.2. The summed E-state index contributed by atoms with van der Waals surface area (Å²) in [7, 11) is 0. The molecule has 27 heavy (non-hydrogen) atoms. The lowest BCUT2D eigenvalue weighted by Crippen LogP contribution is -2.32. The van der Waals surface area contributed by atoms with E-state index in [2.05, 4.69) is 24.1 Å². The summed E-state index contributed by atoms with van der Waals surface area (Å²) in [6.45, 7) is 4.37. The summed E-state index contributed by atoms with van der Waals surface area (Å²) in [5.74, 6) is 1.97. The highest BCUT2D eigenvalue weighted by Crippen LogP contribution is 2.44. The Morgan fingerprint density at radius 2 is 2.19 bits per heavy atom. The number of nitrogens with zero attached hydrogens (tertiary/aromatic N) is 1. The molecule has 4 rings (SSSR count). The second-order valence-electron chi connectivity index (χ2n) is 7.41. The van der Waals surface area contributed by atoms with Crippen molar-refractivity contribution in [3.63, 3.8) is 0 Å². The molecular formula is C20H23N3O2S2. The van der Waals surface area contributed by atoms with Crippen LogP contribution in [-0.2, 0) is 4.79 Å². The normalized spacial score (nSPS) is 19.1. The van der Waals surface area contributed by atoms with Gasteiger partial charge < -0.3 is 10.3 Å². The third-order valence-corrected chi connectivity index (χ3v) is 6.84. The predicted octanol–water partition coefficient (Wildman–Crippen LogP) is 4.53. The average Bonchev–Trinajstić information content (AvgIpc) is 3.14. The van der Waals surface area contributed by atoms with Crippen LogP contribution in [0.5, 0.6) is 0 Å². The van der Waals surface area contributed by atoms with E-state index in [-0.39, 0.29) is 17.3 Å². The number of rotatable bonds is 5. The summed E-state index contributed by atoms with van der Waals surface area (Å²) in [4.78, 5) is 34.4. The molecule has 0 spiro atoms. The SMILES string of the molecule is CC(C)CCSc1nc2c(c(=O)[nH]1)[C@@H](c1cccs1)C1=C(CCCC1=O)N2. The number of hydrogen-bond donors (Lipinski definition) is 2. The van der Waals surface area contributed by atoms with E-state index in [1.165, 1.54) is 0 Å². The van der Waals surface area contributed by atoms with Gasteiger partial charge in [-0.05, 0) is 36.6 Å². The molecule has 2 N–H and O–H groups in total. The van der Waals surface area contributed by atoms with Crippen LogP contribution in [0.3, 0.4) is 0 Å². The van der Waals surface area contributed by atoms with Crippen molar-refractivity contribution in [3.8, 4) is 0 Å². The fourth-order valence-electron chi connectivity index (χ4n) is 3.64. The van der Waals surface area contributed by atoms with E-state index in [4.69, 9.17) is 4.98 Å². The lowest BCUT2D eigenvalue weighted by Gasteiger charge is -2.32. The highest BCUT2D eigenvalue weighted by molar-refractivity contribution is 7.99. The van der Waals surface area contributed by atoms with Crippen LogP contribution in [-0.4, -0.2) is 21.5 Å². The first kappa shape index (κ1) is 18.5. The monoisotopic (exact) mass is 401 g/mol. The Balaban J connectivity index is 1.77. The van der Waals surface area contributed by atoms with E-state index < -0.39 is 0 Å². The molecule has 7 heteroatoms. The number of anilines is 1. The first-order chi connectivity index (χ1) is 13.0. The molecule has 142 valence electrons. The lowest BCUT2D eigenvalue weighted by molar-refractivity contribution is -0.116. The molecule has 5 nitrogen and oxygen atoms in total. The molecule has 0 saturated heterocycles. The number of thioether (sulfide) groups is 1. The van der Waals surface area contributed by atoms with Gasteiger partial charge in [0.05, 0.1) is 11.5 Å². The second-order valence-corrected chi connectivity index (χ2v) is 9.47. The molecule has 0 saturated carbocycles. The minimum absolute atomic E-state index is 0.141. The van der Waals surface area contributed by atoms with Crippen molar-refractivity contribution in [2.45, 2.75) is 50.6 Å². The minimum atomic E-state index is -0.310. The van der Waals surface area contributed by atoms with Gasteiger partial charge in [0.1, 0.15) is 5.82 Å². The van der Waals surface area contributed by atoms with Gasteiger partial charge >= 0.3 is 0 Å². The number of allylic oxidation sites excluding steroid dienone is 2. The van der Waals surface area contributed by atoms with Gasteiger partial charge in [-0.1, -0.05) is 31.7 Å². The molecule has 3 heterocycles.